The third kappa shape index (κ3) is 2.89. The number of hydrogen-bond acceptors (Lipinski definition) is 4. The third-order valence-corrected chi connectivity index (χ3v) is 5.20. The Morgan fingerprint density at radius 3 is 2.81 bits per heavy atom. The van der Waals surface area contributed by atoms with Crippen molar-refractivity contribution in [2.75, 3.05) is 13.2 Å². The monoisotopic (exact) mass is 360 g/mol. The molecule has 1 unspecified atom stereocenters. The van der Waals surface area contributed by atoms with Gasteiger partial charge in [-0.25, -0.2) is 0 Å². The van der Waals surface area contributed by atoms with E-state index in [1.165, 1.54) is 0 Å². The number of fused-ring (bicyclic) bond motifs is 3. The molecular formula is C22H20N2O3. The van der Waals surface area contributed by atoms with E-state index in [4.69, 9.17) is 14.5 Å². The van der Waals surface area contributed by atoms with Crippen molar-refractivity contribution >= 4 is 16.8 Å². The molecule has 5 nitrogen and oxygen atoms in total. The Kier molecular flexibility index (Phi) is 3.93. The Bertz CT molecular complexity index is 1030. The van der Waals surface area contributed by atoms with E-state index < -0.39 is 0 Å². The van der Waals surface area contributed by atoms with Gasteiger partial charge in [0.1, 0.15) is 12.7 Å². The van der Waals surface area contributed by atoms with Gasteiger partial charge in [-0.2, -0.15) is 0 Å². The van der Waals surface area contributed by atoms with Gasteiger partial charge in [-0.15, -0.1) is 0 Å². The van der Waals surface area contributed by atoms with Crippen LogP contribution in [-0.4, -0.2) is 30.1 Å². The fourth-order valence-corrected chi connectivity index (χ4v) is 3.93. The molecule has 5 rings (SSSR count). The normalized spacial score (nSPS) is 17.6. The van der Waals surface area contributed by atoms with Crippen LogP contribution in [0.2, 0.25) is 0 Å². The number of rotatable bonds is 3. The van der Waals surface area contributed by atoms with Gasteiger partial charge in [-0.05, 0) is 43.0 Å². The lowest BCUT2D eigenvalue weighted by molar-refractivity contribution is 0.0789. The van der Waals surface area contributed by atoms with Crippen molar-refractivity contribution < 1.29 is 14.3 Å². The number of pyridine rings is 1. The zero-order valence-electron chi connectivity index (χ0n) is 14.9. The summed E-state index contributed by atoms with van der Waals surface area (Å²) in [6, 6.07) is 15.5. The number of para-hydroxylation sites is 3. The number of benzene rings is 2. The smallest absolute Gasteiger partial charge is 0.252 e. The molecule has 5 heteroatoms. The second-order valence-corrected chi connectivity index (χ2v) is 6.99. The maximum Gasteiger partial charge on any atom is 0.252 e. The molecule has 0 radical (unpaired) electrons. The first-order valence-electron chi connectivity index (χ1n) is 9.37. The molecular weight excluding hydrogens is 340 g/mol. The summed E-state index contributed by atoms with van der Waals surface area (Å²) in [5.74, 6) is 1.41. The fourth-order valence-electron chi connectivity index (χ4n) is 3.93. The van der Waals surface area contributed by atoms with E-state index >= 15 is 0 Å². The molecule has 1 aliphatic heterocycles. The molecule has 27 heavy (non-hydrogen) atoms. The summed E-state index contributed by atoms with van der Waals surface area (Å²) >= 11 is 0. The minimum absolute atomic E-state index is 0.0609. The van der Waals surface area contributed by atoms with Gasteiger partial charge in [0.15, 0.2) is 11.5 Å². The highest BCUT2D eigenvalue weighted by Gasteiger charge is 2.25. The van der Waals surface area contributed by atoms with E-state index in [9.17, 15) is 4.79 Å². The standard InChI is InChI=1S/C22H20N2O3/c25-22(23-12-14-13-26-19-10-3-4-11-20(19)27-14)21-15-6-1-2-8-17(15)24-18-9-5-7-16(18)21/h1-4,6,8,10-11,14H,5,7,9,12-13H2,(H,23,25). The van der Waals surface area contributed by atoms with E-state index in [1.807, 2.05) is 48.5 Å². The molecule has 0 spiro atoms. The number of aromatic nitrogens is 1. The largest absolute Gasteiger partial charge is 0.486 e. The average Bonchev–Trinajstić information content (AvgIpc) is 3.18. The van der Waals surface area contributed by atoms with Gasteiger partial charge in [-0.3, -0.25) is 9.78 Å². The first kappa shape index (κ1) is 16.1. The summed E-state index contributed by atoms with van der Waals surface area (Å²) in [7, 11) is 0. The molecule has 1 amide bonds. The van der Waals surface area contributed by atoms with Crippen molar-refractivity contribution in [3.63, 3.8) is 0 Å². The van der Waals surface area contributed by atoms with Gasteiger partial charge in [0, 0.05) is 11.1 Å². The van der Waals surface area contributed by atoms with Crippen molar-refractivity contribution in [3.8, 4) is 11.5 Å². The van der Waals surface area contributed by atoms with Crippen LogP contribution in [0.1, 0.15) is 28.0 Å². The molecule has 0 saturated heterocycles. The van der Waals surface area contributed by atoms with Crippen molar-refractivity contribution in [2.24, 2.45) is 0 Å². The van der Waals surface area contributed by atoms with E-state index in [0.29, 0.717) is 13.2 Å². The fraction of sp³-hybridized carbons (Fsp3) is 0.273. The molecule has 0 fully saturated rings. The maximum atomic E-state index is 13.1. The Balaban J connectivity index is 1.38. The van der Waals surface area contributed by atoms with E-state index in [0.717, 1.165) is 58.5 Å². The number of ether oxygens (including phenoxy) is 2. The molecule has 1 aliphatic carbocycles. The van der Waals surface area contributed by atoms with Crippen LogP contribution in [0.15, 0.2) is 48.5 Å². The summed E-state index contributed by atoms with van der Waals surface area (Å²) in [6.07, 6.45) is 2.70. The number of carbonyl (C=O) groups excluding carboxylic acids is 1. The Hall–Kier alpha value is -3.08. The molecule has 1 atom stereocenters. The molecule has 2 aliphatic rings. The highest BCUT2D eigenvalue weighted by molar-refractivity contribution is 6.07. The number of amides is 1. The summed E-state index contributed by atoms with van der Waals surface area (Å²) < 4.78 is 11.7. The Morgan fingerprint density at radius 1 is 1.07 bits per heavy atom. The first-order chi connectivity index (χ1) is 13.3. The van der Waals surface area contributed by atoms with Crippen molar-refractivity contribution in [1.29, 1.82) is 0 Å². The summed E-state index contributed by atoms with van der Waals surface area (Å²) in [5, 5.41) is 3.97. The molecule has 0 saturated carbocycles. The van der Waals surface area contributed by atoms with Crippen LogP contribution >= 0.6 is 0 Å². The quantitative estimate of drug-likeness (QED) is 0.779. The number of nitrogens with one attached hydrogen (secondary N) is 1. The number of aryl methyl sites for hydroxylation is 1. The van der Waals surface area contributed by atoms with Crippen LogP contribution in [0.4, 0.5) is 0 Å². The summed E-state index contributed by atoms with van der Waals surface area (Å²) in [5.41, 5.74) is 3.81. The van der Waals surface area contributed by atoms with E-state index in [1.54, 1.807) is 0 Å². The first-order valence-corrected chi connectivity index (χ1v) is 9.37. The van der Waals surface area contributed by atoms with Crippen molar-refractivity contribution in [2.45, 2.75) is 25.4 Å². The predicted molar refractivity (Wildman–Crippen MR) is 102 cm³/mol. The van der Waals surface area contributed by atoms with E-state index in [2.05, 4.69) is 5.32 Å². The molecule has 1 aromatic heterocycles. The lowest BCUT2D eigenvalue weighted by Gasteiger charge is -2.26. The highest BCUT2D eigenvalue weighted by atomic mass is 16.6. The molecule has 2 aromatic carbocycles. The van der Waals surface area contributed by atoms with Crippen LogP contribution in [-0.2, 0) is 12.8 Å². The van der Waals surface area contributed by atoms with Gasteiger partial charge in [0.2, 0.25) is 0 Å². The Labute approximate surface area is 157 Å². The molecule has 136 valence electrons. The van der Waals surface area contributed by atoms with Crippen LogP contribution < -0.4 is 14.8 Å². The Morgan fingerprint density at radius 2 is 1.89 bits per heavy atom. The van der Waals surface area contributed by atoms with Crippen LogP contribution in [0.25, 0.3) is 10.9 Å². The summed E-state index contributed by atoms with van der Waals surface area (Å²) in [6.45, 7) is 0.824. The van der Waals surface area contributed by atoms with Crippen molar-refractivity contribution in [3.05, 3.63) is 65.4 Å². The van der Waals surface area contributed by atoms with Gasteiger partial charge >= 0.3 is 0 Å². The minimum atomic E-state index is -0.204. The topological polar surface area (TPSA) is 60.5 Å². The summed E-state index contributed by atoms with van der Waals surface area (Å²) in [4.78, 5) is 17.8. The van der Waals surface area contributed by atoms with Gasteiger partial charge in [0.25, 0.3) is 5.91 Å². The van der Waals surface area contributed by atoms with Gasteiger partial charge in [0.05, 0.1) is 17.6 Å². The second kappa shape index (κ2) is 6.58. The SMILES string of the molecule is O=C(NCC1COc2ccccc2O1)c1c2c(nc3ccccc13)CCC2. The van der Waals surface area contributed by atoms with Crippen LogP contribution in [0.5, 0.6) is 11.5 Å². The zero-order chi connectivity index (χ0) is 18.2. The third-order valence-electron chi connectivity index (χ3n) is 5.20. The minimum Gasteiger partial charge on any atom is -0.486 e. The predicted octanol–water partition coefficient (Wildman–Crippen LogP) is 3.29. The number of carbonyl (C=O) groups is 1. The molecule has 2 heterocycles. The van der Waals surface area contributed by atoms with Gasteiger partial charge < -0.3 is 14.8 Å². The lowest BCUT2D eigenvalue weighted by atomic mass is 10.0. The lowest BCUT2D eigenvalue weighted by Crippen LogP contribution is -2.41. The average molecular weight is 360 g/mol. The van der Waals surface area contributed by atoms with E-state index in [-0.39, 0.29) is 12.0 Å². The molecule has 0 bridgehead atoms. The van der Waals surface area contributed by atoms with Crippen LogP contribution in [0.3, 0.4) is 0 Å². The highest BCUT2D eigenvalue weighted by Crippen LogP contribution is 2.31. The second-order valence-electron chi connectivity index (χ2n) is 6.99. The number of hydrogen-bond donors (Lipinski definition) is 1. The van der Waals surface area contributed by atoms with Crippen LogP contribution in [0, 0.1) is 0 Å². The van der Waals surface area contributed by atoms with Gasteiger partial charge in [-0.1, -0.05) is 30.3 Å². The molecule has 3 aromatic rings. The molecule has 1 N–H and O–H groups in total. The number of nitrogens with zero attached hydrogens (tertiary/aromatic N) is 1. The maximum absolute atomic E-state index is 13.1. The van der Waals surface area contributed by atoms with Crippen molar-refractivity contribution in [1.82, 2.24) is 10.3 Å². The zero-order valence-corrected chi connectivity index (χ0v) is 14.9.